The average Bonchev–Trinajstić information content (AvgIpc) is 3.33. The first-order valence-corrected chi connectivity index (χ1v) is 16.6. The van der Waals surface area contributed by atoms with E-state index in [-0.39, 0.29) is 31.0 Å². The van der Waals surface area contributed by atoms with Gasteiger partial charge in [0.2, 0.25) is 15.9 Å². The number of sulfone groups is 1. The lowest BCUT2D eigenvalue weighted by Gasteiger charge is -2.31. The Kier molecular flexibility index (Phi) is 8.99. The number of halogens is 1. The van der Waals surface area contributed by atoms with E-state index in [1.54, 1.807) is 18.2 Å². The topological polar surface area (TPSA) is 119 Å². The van der Waals surface area contributed by atoms with Crippen molar-refractivity contribution in [3.8, 4) is 10.4 Å². The largest absolute Gasteiger partial charge is 0.350 e. The number of hydrogen-bond acceptors (Lipinski definition) is 8. The third-order valence-corrected chi connectivity index (χ3v) is 12.9. The highest BCUT2D eigenvalue weighted by molar-refractivity contribution is 7.92. The number of thiophene rings is 1. The minimum absolute atomic E-state index is 0.0105. The van der Waals surface area contributed by atoms with Gasteiger partial charge in [0.05, 0.1) is 17.9 Å². The Bertz CT molecular complexity index is 1310. The lowest BCUT2D eigenvalue weighted by atomic mass is 9.97. The zero-order valence-corrected chi connectivity index (χ0v) is 23.7. The minimum atomic E-state index is -3.95. The third kappa shape index (κ3) is 6.38. The van der Waals surface area contributed by atoms with Gasteiger partial charge in [-0.2, -0.15) is 0 Å². The number of nitrogens with one attached hydrogen (secondary N) is 1. The molecule has 2 atom stereocenters. The van der Waals surface area contributed by atoms with Crippen LogP contribution in [0.5, 0.6) is 0 Å². The quantitative estimate of drug-likeness (QED) is 0.466. The van der Waals surface area contributed by atoms with Crippen LogP contribution in [0, 0.1) is 0 Å². The van der Waals surface area contributed by atoms with Crippen molar-refractivity contribution in [2.45, 2.75) is 50.1 Å². The smallest absolute Gasteiger partial charge is 0.245 e. The molecule has 0 spiro atoms. The number of nitrogens with zero attached hydrogens (tertiary/aromatic N) is 1. The standard InChI is InChI=1S/C24H31ClN2O7S3/c1-2-37(31,32)27-13-12-24(36(29,30)16-14-27,17-22(28)26-34-23-5-3-4-15-33-23)21-11-10-20(35-21)18-6-8-19(25)9-7-18/h6-11,23H,2-5,12-17H2,1H3,(H,26,28)/t23?,24-/m0/s1. The van der Waals surface area contributed by atoms with Gasteiger partial charge in [-0.3, -0.25) is 4.79 Å². The molecule has 1 N–H and O–H groups in total. The first-order valence-electron chi connectivity index (χ1n) is 12.2. The summed E-state index contributed by atoms with van der Waals surface area (Å²) in [6.45, 7) is 1.90. The van der Waals surface area contributed by atoms with E-state index in [1.165, 1.54) is 22.6 Å². The van der Waals surface area contributed by atoms with Crippen LogP contribution < -0.4 is 5.48 Å². The molecule has 9 nitrogen and oxygen atoms in total. The molecule has 1 aromatic carbocycles. The molecule has 0 bridgehead atoms. The fraction of sp³-hybridized carbons (Fsp3) is 0.542. The number of sulfonamides is 1. The van der Waals surface area contributed by atoms with E-state index in [0.29, 0.717) is 22.9 Å². The van der Waals surface area contributed by atoms with Gasteiger partial charge in [0.25, 0.3) is 0 Å². The van der Waals surface area contributed by atoms with E-state index in [9.17, 15) is 21.6 Å². The molecule has 2 fully saturated rings. The summed E-state index contributed by atoms with van der Waals surface area (Å²) in [6.07, 6.45) is 1.42. The molecule has 0 saturated carbocycles. The van der Waals surface area contributed by atoms with E-state index < -0.39 is 43.2 Å². The minimum Gasteiger partial charge on any atom is -0.350 e. The summed E-state index contributed by atoms with van der Waals surface area (Å²) in [7, 11) is -7.56. The van der Waals surface area contributed by atoms with Crippen LogP contribution in [0.1, 0.15) is 43.9 Å². The zero-order valence-electron chi connectivity index (χ0n) is 20.5. The van der Waals surface area contributed by atoms with Crippen LogP contribution in [0.2, 0.25) is 5.02 Å². The first kappa shape index (κ1) is 28.5. The molecule has 1 amide bonds. The highest BCUT2D eigenvalue weighted by Gasteiger charge is 2.50. The number of rotatable bonds is 8. The number of hydroxylamine groups is 1. The van der Waals surface area contributed by atoms with Crippen LogP contribution in [0.4, 0.5) is 0 Å². The fourth-order valence-electron chi connectivity index (χ4n) is 4.60. The molecule has 37 heavy (non-hydrogen) atoms. The Morgan fingerprint density at radius 3 is 2.65 bits per heavy atom. The predicted octanol–water partition coefficient (Wildman–Crippen LogP) is 3.70. The van der Waals surface area contributed by atoms with Crippen LogP contribution in [-0.2, 0) is 39.0 Å². The first-order chi connectivity index (χ1) is 17.6. The molecule has 13 heteroatoms. The summed E-state index contributed by atoms with van der Waals surface area (Å²) in [5.41, 5.74) is 3.24. The Balaban J connectivity index is 1.67. The van der Waals surface area contributed by atoms with Gasteiger partial charge in [-0.1, -0.05) is 23.7 Å². The van der Waals surface area contributed by atoms with Crippen molar-refractivity contribution in [3.63, 3.8) is 0 Å². The average molecular weight is 591 g/mol. The maximum absolute atomic E-state index is 13.8. The summed E-state index contributed by atoms with van der Waals surface area (Å²) in [5, 5.41) is 0.583. The number of hydrogen-bond donors (Lipinski definition) is 1. The van der Waals surface area contributed by atoms with Gasteiger partial charge in [0.1, 0.15) is 4.75 Å². The highest BCUT2D eigenvalue weighted by Crippen LogP contribution is 2.45. The number of benzene rings is 1. The predicted molar refractivity (Wildman–Crippen MR) is 143 cm³/mol. The summed E-state index contributed by atoms with van der Waals surface area (Å²) in [4.78, 5) is 19.8. The van der Waals surface area contributed by atoms with Gasteiger partial charge in [-0.05, 0) is 56.0 Å². The molecular formula is C24H31ClN2O7S3. The lowest BCUT2D eigenvalue weighted by molar-refractivity contribution is -0.200. The van der Waals surface area contributed by atoms with Crippen molar-refractivity contribution < 1.29 is 31.2 Å². The molecule has 204 valence electrons. The van der Waals surface area contributed by atoms with Crippen LogP contribution in [-0.4, -0.2) is 64.5 Å². The van der Waals surface area contributed by atoms with E-state index in [2.05, 4.69) is 5.48 Å². The summed E-state index contributed by atoms with van der Waals surface area (Å²) >= 11 is 7.29. The Labute approximate surface area is 227 Å². The normalized spacial score (nSPS) is 24.9. The summed E-state index contributed by atoms with van der Waals surface area (Å²) in [5.74, 6) is -1.12. The van der Waals surface area contributed by atoms with Gasteiger partial charge in [-0.15, -0.1) is 11.3 Å². The van der Waals surface area contributed by atoms with Gasteiger partial charge < -0.3 is 4.74 Å². The van der Waals surface area contributed by atoms with Crippen molar-refractivity contribution in [1.29, 1.82) is 0 Å². The number of carbonyl (C=O) groups is 1. The van der Waals surface area contributed by atoms with E-state index in [4.69, 9.17) is 21.2 Å². The second-order valence-corrected chi connectivity index (χ2v) is 15.3. The number of carbonyl (C=O) groups excluding carboxylic acids is 1. The second-order valence-electron chi connectivity index (χ2n) is 9.15. The van der Waals surface area contributed by atoms with Crippen LogP contribution in [0.25, 0.3) is 10.4 Å². The number of ether oxygens (including phenoxy) is 1. The Hall–Kier alpha value is -1.54. The molecule has 2 aliphatic rings. The van der Waals surface area contributed by atoms with Gasteiger partial charge in [0.15, 0.2) is 16.1 Å². The van der Waals surface area contributed by atoms with Crippen molar-refractivity contribution in [3.05, 3.63) is 46.3 Å². The SMILES string of the molecule is CCS(=O)(=O)N1CC[C@](CC(=O)NOC2CCCCO2)(c2ccc(-c3ccc(Cl)cc3)s2)S(=O)(=O)CC1. The van der Waals surface area contributed by atoms with Crippen LogP contribution in [0.15, 0.2) is 36.4 Å². The van der Waals surface area contributed by atoms with Crippen LogP contribution in [0.3, 0.4) is 0 Å². The Morgan fingerprint density at radius 1 is 1.22 bits per heavy atom. The summed E-state index contributed by atoms with van der Waals surface area (Å²) in [6, 6.07) is 10.7. The molecule has 0 aliphatic carbocycles. The van der Waals surface area contributed by atoms with Crippen molar-refractivity contribution in [2.24, 2.45) is 0 Å². The van der Waals surface area contributed by atoms with Crippen LogP contribution >= 0.6 is 22.9 Å². The van der Waals surface area contributed by atoms with E-state index in [0.717, 1.165) is 23.3 Å². The molecule has 2 aliphatic heterocycles. The van der Waals surface area contributed by atoms with Gasteiger partial charge >= 0.3 is 0 Å². The van der Waals surface area contributed by atoms with Gasteiger partial charge in [0, 0.05) is 40.9 Å². The maximum Gasteiger partial charge on any atom is 0.245 e. The highest BCUT2D eigenvalue weighted by atomic mass is 35.5. The zero-order chi connectivity index (χ0) is 26.7. The summed E-state index contributed by atoms with van der Waals surface area (Å²) < 4.78 is 57.9. The van der Waals surface area contributed by atoms with Crippen molar-refractivity contribution in [2.75, 3.05) is 31.2 Å². The molecule has 0 radical (unpaired) electrons. The van der Waals surface area contributed by atoms with Gasteiger partial charge in [-0.25, -0.2) is 31.5 Å². The van der Waals surface area contributed by atoms with Crippen molar-refractivity contribution >= 4 is 48.7 Å². The molecule has 1 aromatic heterocycles. The molecule has 3 heterocycles. The molecule has 2 saturated heterocycles. The third-order valence-electron chi connectivity index (χ3n) is 6.80. The van der Waals surface area contributed by atoms with E-state index >= 15 is 0 Å². The number of amides is 1. The fourth-order valence-corrected chi connectivity index (χ4v) is 9.55. The molecular weight excluding hydrogens is 560 g/mol. The second kappa shape index (κ2) is 11.7. The van der Waals surface area contributed by atoms with E-state index in [1.807, 2.05) is 18.2 Å². The molecule has 2 aromatic rings. The monoisotopic (exact) mass is 590 g/mol. The maximum atomic E-state index is 13.8. The lowest BCUT2D eigenvalue weighted by Crippen LogP contribution is -2.43. The molecule has 1 unspecified atom stereocenters. The van der Waals surface area contributed by atoms with Crippen molar-refractivity contribution in [1.82, 2.24) is 9.79 Å². The Morgan fingerprint density at radius 2 is 1.97 bits per heavy atom. The molecule has 4 rings (SSSR count).